The number of likely N-dealkylation sites (tertiary alicyclic amines) is 1. The van der Waals surface area contributed by atoms with Crippen molar-refractivity contribution in [3.05, 3.63) is 34.9 Å². The first-order valence-corrected chi connectivity index (χ1v) is 5.62. The molecule has 0 unspecified atom stereocenters. The molecule has 2 rings (SSSR count). The summed E-state index contributed by atoms with van der Waals surface area (Å²) in [6, 6.07) is 6.54. The second kappa shape index (κ2) is 4.37. The van der Waals surface area contributed by atoms with Gasteiger partial charge >= 0.3 is 5.97 Å². The van der Waals surface area contributed by atoms with Crippen LogP contribution in [0.3, 0.4) is 0 Å². The normalized spacial score (nSPS) is 24.1. The van der Waals surface area contributed by atoms with Crippen molar-refractivity contribution in [2.45, 2.75) is 12.5 Å². The molecule has 2 atom stereocenters. The SMILES string of the molecule is CN1C(=O)C[C@H](C(=O)O)[C@H]1c1cccc(Cl)c1. The van der Waals surface area contributed by atoms with Gasteiger partial charge < -0.3 is 10.0 Å². The number of nitrogens with zero attached hydrogens (tertiary/aromatic N) is 1. The highest BCUT2D eigenvalue weighted by Gasteiger charge is 2.42. The molecule has 0 aliphatic carbocycles. The Morgan fingerprint density at radius 1 is 1.53 bits per heavy atom. The fraction of sp³-hybridized carbons (Fsp3) is 0.333. The largest absolute Gasteiger partial charge is 0.481 e. The van der Waals surface area contributed by atoms with Gasteiger partial charge in [-0.05, 0) is 17.7 Å². The van der Waals surface area contributed by atoms with Gasteiger partial charge in [-0.2, -0.15) is 0 Å². The maximum Gasteiger partial charge on any atom is 0.309 e. The lowest BCUT2D eigenvalue weighted by Gasteiger charge is -2.23. The molecule has 0 bridgehead atoms. The summed E-state index contributed by atoms with van der Waals surface area (Å²) in [4.78, 5) is 24.2. The number of carbonyl (C=O) groups excluding carboxylic acids is 1. The Balaban J connectivity index is 2.40. The van der Waals surface area contributed by atoms with Gasteiger partial charge in [0.2, 0.25) is 5.91 Å². The van der Waals surface area contributed by atoms with Crippen LogP contribution in [0.2, 0.25) is 5.02 Å². The van der Waals surface area contributed by atoms with Gasteiger partial charge in [-0.15, -0.1) is 0 Å². The van der Waals surface area contributed by atoms with Crippen LogP contribution < -0.4 is 0 Å². The average molecular weight is 254 g/mol. The van der Waals surface area contributed by atoms with Crippen LogP contribution >= 0.6 is 11.6 Å². The summed E-state index contributed by atoms with van der Waals surface area (Å²) in [6.45, 7) is 0. The molecule has 0 aromatic heterocycles. The maximum absolute atomic E-state index is 11.6. The molecule has 0 saturated carbocycles. The van der Waals surface area contributed by atoms with E-state index in [0.29, 0.717) is 5.02 Å². The number of carboxylic acids is 1. The number of halogens is 1. The standard InChI is InChI=1S/C12H12ClNO3/c1-14-10(15)6-9(12(16)17)11(14)7-3-2-4-8(13)5-7/h2-5,9,11H,6H2,1H3,(H,16,17)/t9-,11+/m0/s1. The minimum atomic E-state index is -0.951. The highest BCUT2D eigenvalue weighted by atomic mass is 35.5. The summed E-state index contributed by atoms with van der Waals surface area (Å²) < 4.78 is 0. The molecule has 1 amide bonds. The van der Waals surface area contributed by atoms with Gasteiger partial charge in [0.15, 0.2) is 0 Å². The number of amides is 1. The Hall–Kier alpha value is -1.55. The van der Waals surface area contributed by atoms with E-state index < -0.39 is 17.9 Å². The zero-order chi connectivity index (χ0) is 12.6. The van der Waals surface area contributed by atoms with Crippen molar-refractivity contribution < 1.29 is 14.7 Å². The fourth-order valence-corrected chi connectivity index (χ4v) is 2.44. The van der Waals surface area contributed by atoms with Gasteiger partial charge in [-0.3, -0.25) is 9.59 Å². The number of rotatable bonds is 2. The number of benzene rings is 1. The van der Waals surface area contributed by atoms with Crippen molar-refractivity contribution in [1.29, 1.82) is 0 Å². The molecule has 1 aliphatic rings. The summed E-state index contributed by atoms with van der Waals surface area (Å²) in [5, 5.41) is 9.68. The van der Waals surface area contributed by atoms with Crippen LogP contribution in [0, 0.1) is 5.92 Å². The molecule has 4 nitrogen and oxygen atoms in total. The molecule has 1 aromatic carbocycles. The first kappa shape index (κ1) is 11.9. The molecule has 90 valence electrons. The Labute approximate surface area is 104 Å². The van der Waals surface area contributed by atoms with E-state index in [1.807, 2.05) is 0 Å². The second-order valence-electron chi connectivity index (χ2n) is 4.15. The van der Waals surface area contributed by atoms with Crippen molar-refractivity contribution >= 4 is 23.5 Å². The number of carbonyl (C=O) groups is 2. The Morgan fingerprint density at radius 3 is 2.82 bits per heavy atom. The van der Waals surface area contributed by atoms with Crippen LogP contribution in [0.25, 0.3) is 0 Å². The zero-order valence-corrected chi connectivity index (χ0v) is 10.0. The quantitative estimate of drug-likeness (QED) is 0.876. The molecular formula is C12H12ClNO3. The van der Waals surface area contributed by atoms with Gasteiger partial charge in [-0.25, -0.2) is 0 Å². The third-order valence-corrected chi connectivity index (χ3v) is 3.33. The molecule has 1 saturated heterocycles. The molecule has 1 N–H and O–H groups in total. The Morgan fingerprint density at radius 2 is 2.24 bits per heavy atom. The number of carboxylic acid groups (broad SMARTS) is 1. The van der Waals surface area contributed by atoms with Crippen LogP contribution in [0.5, 0.6) is 0 Å². The van der Waals surface area contributed by atoms with Crippen LogP contribution in [0.1, 0.15) is 18.0 Å². The predicted molar refractivity (Wildman–Crippen MR) is 62.7 cm³/mol. The Bertz CT molecular complexity index is 475. The molecule has 0 spiro atoms. The lowest BCUT2D eigenvalue weighted by atomic mass is 9.94. The second-order valence-corrected chi connectivity index (χ2v) is 4.59. The van der Waals surface area contributed by atoms with Gasteiger partial charge in [0, 0.05) is 18.5 Å². The number of hydrogen-bond donors (Lipinski definition) is 1. The average Bonchev–Trinajstić information content (AvgIpc) is 2.56. The summed E-state index contributed by atoms with van der Waals surface area (Å²) in [5.41, 5.74) is 0.762. The number of hydrogen-bond acceptors (Lipinski definition) is 2. The van der Waals surface area contributed by atoms with E-state index in [-0.39, 0.29) is 12.3 Å². The van der Waals surface area contributed by atoms with Crippen LogP contribution in [0.4, 0.5) is 0 Å². The van der Waals surface area contributed by atoms with Crippen LogP contribution in [-0.4, -0.2) is 28.9 Å². The number of aliphatic carboxylic acids is 1. The molecular weight excluding hydrogens is 242 g/mol. The highest BCUT2D eigenvalue weighted by molar-refractivity contribution is 6.30. The van der Waals surface area contributed by atoms with E-state index in [9.17, 15) is 9.59 Å². The van der Waals surface area contributed by atoms with Gasteiger partial charge in [0.1, 0.15) is 0 Å². The van der Waals surface area contributed by atoms with Crippen molar-refractivity contribution in [2.24, 2.45) is 5.92 Å². The van der Waals surface area contributed by atoms with Crippen LogP contribution in [-0.2, 0) is 9.59 Å². The topological polar surface area (TPSA) is 57.6 Å². The minimum Gasteiger partial charge on any atom is -0.481 e. The highest BCUT2D eigenvalue weighted by Crippen LogP contribution is 2.37. The molecule has 1 aromatic rings. The van der Waals surface area contributed by atoms with Crippen molar-refractivity contribution in [2.75, 3.05) is 7.05 Å². The molecule has 0 radical (unpaired) electrons. The molecule has 1 heterocycles. The minimum absolute atomic E-state index is 0.0447. The first-order chi connectivity index (χ1) is 8.00. The van der Waals surface area contributed by atoms with E-state index in [1.165, 1.54) is 4.90 Å². The van der Waals surface area contributed by atoms with E-state index in [0.717, 1.165) is 5.56 Å². The molecule has 17 heavy (non-hydrogen) atoms. The molecule has 1 aliphatic heterocycles. The molecule has 1 fully saturated rings. The predicted octanol–water partition coefficient (Wildman–Crippen LogP) is 1.94. The van der Waals surface area contributed by atoms with Gasteiger partial charge in [0.05, 0.1) is 12.0 Å². The maximum atomic E-state index is 11.6. The lowest BCUT2D eigenvalue weighted by Crippen LogP contribution is -2.26. The third kappa shape index (κ3) is 2.13. The Kier molecular flexibility index (Phi) is 3.07. The van der Waals surface area contributed by atoms with Gasteiger partial charge in [-0.1, -0.05) is 23.7 Å². The smallest absolute Gasteiger partial charge is 0.309 e. The van der Waals surface area contributed by atoms with Crippen molar-refractivity contribution in [3.63, 3.8) is 0 Å². The van der Waals surface area contributed by atoms with Gasteiger partial charge in [0.25, 0.3) is 0 Å². The van der Waals surface area contributed by atoms with Crippen molar-refractivity contribution in [3.8, 4) is 0 Å². The van der Waals surface area contributed by atoms with E-state index in [2.05, 4.69) is 0 Å². The lowest BCUT2D eigenvalue weighted by molar-refractivity contribution is -0.142. The summed E-state index contributed by atoms with van der Waals surface area (Å²) in [6.07, 6.45) is 0.0447. The third-order valence-electron chi connectivity index (χ3n) is 3.09. The van der Waals surface area contributed by atoms with E-state index in [4.69, 9.17) is 16.7 Å². The fourth-order valence-electron chi connectivity index (χ4n) is 2.24. The van der Waals surface area contributed by atoms with E-state index in [1.54, 1.807) is 31.3 Å². The van der Waals surface area contributed by atoms with Crippen LogP contribution in [0.15, 0.2) is 24.3 Å². The summed E-state index contributed by atoms with van der Waals surface area (Å²) in [5.74, 6) is -1.80. The zero-order valence-electron chi connectivity index (χ0n) is 9.26. The molecule has 5 heteroatoms. The first-order valence-electron chi connectivity index (χ1n) is 5.24. The van der Waals surface area contributed by atoms with Crippen molar-refractivity contribution in [1.82, 2.24) is 4.90 Å². The summed E-state index contributed by atoms with van der Waals surface area (Å²) in [7, 11) is 1.62. The monoisotopic (exact) mass is 253 g/mol. The van der Waals surface area contributed by atoms with E-state index >= 15 is 0 Å². The summed E-state index contributed by atoms with van der Waals surface area (Å²) >= 11 is 5.88.